The lowest BCUT2D eigenvalue weighted by Crippen LogP contribution is -2.13. The fourth-order valence-electron chi connectivity index (χ4n) is 1.73. The molecule has 1 aromatic rings. The first-order valence-corrected chi connectivity index (χ1v) is 5.45. The van der Waals surface area contributed by atoms with Gasteiger partial charge in [0, 0.05) is 17.2 Å². The Labute approximate surface area is 105 Å². The Kier molecular flexibility index (Phi) is 4.16. The van der Waals surface area contributed by atoms with Crippen molar-refractivity contribution in [3.8, 4) is 11.5 Å². The lowest BCUT2D eigenvalue weighted by molar-refractivity contribution is -0.136. The molecule has 0 aromatic heterocycles. The number of aliphatic carboxylic acids is 1. The van der Waals surface area contributed by atoms with E-state index in [1.165, 1.54) is 40.2 Å². The van der Waals surface area contributed by atoms with E-state index in [0.717, 1.165) is 0 Å². The monoisotopic (exact) mass is 256 g/mol. The maximum atomic E-state index is 14.1. The van der Waals surface area contributed by atoms with E-state index >= 15 is 0 Å². The van der Waals surface area contributed by atoms with Gasteiger partial charge in [-0.2, -0.15) is 0 Å². The lowest BCUT2D eigenvalue weighted by atomic mass is 9.95. The van der Waals surface area contributed by atoms with Crippen LogP contribution in [0.25, 0.3) is 0 Å². The van der Waals surface area contributed by atoms with Crippen molar-refractivity contribution in [2.75, 3.05) is 14.2 Å². The first kappa shape index (κ1) is 14.3. The van der Waals surface area contributed by atoms with Crippen LogP contribution in [0.4, 0.5) is 4.39 Å². The maximum Gasteiger partial charge on any atom is 0.307 e. The SMILES string of the molecule is COc1cc(OC)c(C(C)(C)F)cc1CC(=O)O. The molecule has 0 saturated carbocycles. The fourth-order valence-corrected chi connectivity index (χ4v) is 1.73. The number of methoxy groups -OCH3 is 2. The minimum Gasteiger partial charge on any atom is -0.496 e. The van der Waals surface area contributed by atoms with Crippen LogP contribution in [0.15, 0.2) is 12.1 Å². The highest BCUT2D eigenvalue weighted by atomic mass is 19.1. The van der Waals surface area contributed by atoms with Gasteiger partial charge in [-0.25, -0.2) is 4.39 Å². The number of rotatable bonds is 5. The average Bonchev–Trinajstić information content (AvgIpc) is 2.26. The van der Waals surface area contributed by atoms with Crippen molar-refractivity contribution in [1.82, 2.24) is 0 Å². The standard InChI is InChI=1S/C13H17FO4/c1-13(2,14)9-5-8(6-12(15)16)10(17-3)7-11(9)18-4/h5,7H,6H2,1-4H3,(H,15,16). The van der Waals surface area contributed by atoms with Crippen molar-refractivity contribution in [2.45, 2.75) is 25.9 Å². The molecule has 0 aliphatic carbocycles. The van der Waals surface area contributed by atoms with Gasteiger partial charge in [-0.1, -0.05) is 0 Å². The average molecular weight is 256 g/mol. The lowest BCUT2D eigenvalue weighted by Gasteiger charge is -2.20. The van der Waals surface area contributed by atoms with E-state index in [-0.39, 0.29) is 6.42 Å². The Balaban J connectivity index is 3.38. The zero-order valence-electron chi connectivity index (χ0n) is 10.9. The van der Waals surface area contributed by atoms with Crippen molar-refractivity contribution >= 4 is 5.97 Å². The number of benzene rings is 1. The van der Waals surface area contributed by atoms with Crippen molar-refractivity contribution in [2.24, 2.45) is 0 Å². The zero-order chi connectivity index (χ0) is 13.9. The molecule has 100 valence electrons. The van der Waals surface area contributed by atoms with Gasteiger partial charge >= 0.3 is 5.97 Å². The number of ether oxygens (including phenoxy) is 2. The summed E-state index contributed by atoms with van der Waals surface area (Å²) in [6, 6.07) is 2.99. The molecular formula is C13H17FO4. The summed E-state index contributed by atoms with van der Waals surface area (Å²) in [5.41, 5.74) is -0.890. The van der Waals surface area contributed by atoms with Gasteiger partial charge in [0.25, 0.3) is 0 Å². The largest absolute Gasteiger partial charge is 0.496 e. The molecule has 0 heterocycles. The highest BCUT2D eigenvalue weighted by Crippen LogP contribution is 2.37. The van der Waals surface area contributed by atoms with E-state index < -0.39 is 11.6 Å². The second-order valence-electron chi connectivity index (χ2n) is 4.41. The number of carbonyl (C=O) groups is 1. The predicted molar refractivity (Wildman–Crippen MR) is 65.0 cm³/mol. The molecule has 5 heteroatoms. The summed E-state index contributed by atoms with van der Waals surface area (Å²) in [7, 11) is 2.86. The molecular weight excluding hydrogens is 239 g/mol. The summed E-state index contributed by atoms with van der Waals surface area (Å²) in [6.07, 6.45) is -0.226. The van der Waals surface area contributed by atoms with Gasteiger partial charge < -0.3 is 14.6 Å². The second kappa shape index (κ2) is 5.25. The molecule has 18 heavy (non-hydrogen) atoms. The first-order valence-electron chi connectivity index (χ1n) is 5.45. The molecule has 1 aromatic carbocycles. The third-order valence-corrected chi connectivity index (χ3v) is 2.58. The summed E-state index contributed by atoms with van der Waals surface area (Å²) in [6.45, 7) is 2.78. The van der Waals surface area contributed by atoms with Crippen LogP contribution in [-0.2, 0) is 16.9 Å². The number of halogens is 1. The van der Waals surface area contributed by atoms with Gasteiger partial charge in [0.1, 0.15) is 17.2 Å². The highest BCUT2D eigenvalue weighted by Gasteiger charge is 2.26. The fraction of sp³-hybridized carbons (Fsp3) is 0.462. The zero-order valence-corrected chi connectivity index (χ0v) is 10.9. The highest BCUT2D eigenvalue weighted by molar-refractivity contribution is 5.72. The van der Waals surface area contributed by atoms with Crippen molar-refractivity contribution in [3.63, 3.8) is 0 Å². The van der Waals surface area contributed by atoms with Gasteiger partial charge in [-0.15, -0.1) is 0 Å². The maximum absolute atomic E-state index is 14.1. The summed E-state index contributed by atoms with van der Waals surface area (Å²) in [5.74, 6) is -0.281. The summed E-state index contributed by atoms with van der Waals surface area (Å²) in [4.78, 5) is 10.8. The Morgan fingerprint density at radius 3 is 2.22 bits per heavy atom. The van der Waals surface area contributed by atoms with E-state index in [2.05, 4.69) is 0 Å². The van der Waals surface area contributed by atoms with Crippen LogP contribution in [-0.4, -0.2) is 25.3 Å². The van der Waals surface area contributed by atoms with Crippen LogP contribution in [0.5, 0.6) is 11.5 Å². The molecule has 4 nitrogen and oxygen atoms in total. The van der Waals surface area contributed by atoms with Crippen LogP contribution in [0.3, 0.4) is 0 Å². The number of carboxylic acids is 1. The first-order chi connectivity index (χ1) is 8.29. The van der Waals surface area contributed by atoms with Gasteiger partial charge in [0.2, 0.25) is 0 Å². The van der Waals surface area contributed by atoms with Crippen LogP contribution in [0, 0.1) is 0 Å². The van der Waals surface area contributed by atoms with E-state index in [0.29, 0.717) is 22.6 Å². The quantitative estimate of drug-likeness (QED) is 0.879. The van der Waals surface area contributed by atoms with Gasteiger partial charge in [-0.3, -0.25) is 4.79 Å². The third-order valence-electron chi connectivity index (χ3n) is 2.58. The van der Waals surface area contributed by atoms with E-state index in [4.69, 9.17) is 14.6 Å². The minimum atomic E-state index is -1.62. The number of hydrogen-bond acceptors (Lipinski definition) is 3. The second-order valence-corrected chi connectivity index (χ2v) is 4.41. The normalized spacial score (nSPS) is 11.2. The molecule has 0 radical (unpaired) electrons. The summed E-state index contributed by atoms with van der Waals surface area (Å²) < 4.78 is 24.3. The summed E-state index contributed by atoms with van der Waals surface area (Å²) in [5, 5.41) is 8.83. The van der Waals surface area contributed by atoms with Crippen molar-refractivity contribution in [1.29, 1.82) is 0 Å². The van der Waals surface area contributed by atoms with Crippen LogP contribution in [0.1, 0.15) is 25.0 Å². The Hall–Kier alpha value is -1.78. The molecule has 0 aliphatic heterocycles. The molecule has 0 unspecified atom stereocenters. The Morgan fingerprint density at radius 1 is 1.28 bits per heavy atom. The smallest absolute Gasteiger partial charge is 0.307 e. The molecule has 0 amide bonds. The Bertz CT molecular complexity index is 449. The molecule has 0 fully saturated rings. The van der Waals surface area contributed by atoms with Crippen LogP contribution < -0.4 is 9.47 Å². The van der Waals surface area contributed by atoms with Gasteiger partial charge in [0.15, 0.2) is 0 Å². The minimum absolute atomic E-state index is 0.226. The van der Waals surface area contributed by atoms with Crippen molar-refractivity contribution in [3.05, 3.63) is 23.3 Å². The predicted octanol–water partition coefficient (Wildman–Crippen LogP) is 2.54. The molecule has 0 atom stereocenters. The van der Waals surface area contributed by atoms with E-state index in [1.807, 2.05) is 0 Å². The van der Waals surface area contributed by atoms with Gasteiger partial charge in [-0.05, 0) is 19.9 Å². The molecule has 0 bridgehead atoms. The van der Waals surface area contributed by atoms with Crippen molar-refractivity contribution < 1.29 is 23.8 Å². The van der Waals surface area contributed by atoms with Crippen LogP contribution in [0.2, 0.25) is 0 Å². The molecule has 1 N–H and O–H groups in total. The van der Waals surface area contributed by atoms with Gasteiger partial charge in [0.05, 0.1) is 20.6 Å². The number of alkyl halides is 1. The molecule has 0 saturated heterocycles. The molecule has 0 aliphatic rings. The van der Waals surface area contributed by atoms with Crippen LogP contribution >= 0.6 is 0 Å². The van der Waals surface area contributed by atoms with E-state index in [9.17, 15) is 9.18 Å². The summed E-state index contributed by atoms with van der Waals surface area (Å²) >= 11 is 0. The third kappa shape index (κ3) is 3.12. The number of hydrogen-bond donors (Lipinski definition) is 1. The number of carboxylic acid groups (broad SMARTS) is 1. The Morgan fingerprint density at radius 2 is 1.83 bits per heavy atom. The topological polar surface area (TPSA) is 55.8 Å². The van der Waals surface area contributed by atoms with E-state index in [1.54, 1.807) is 0 Å². The molecule has 1 rings (SSSR count). The molecule has 0 spiro atoms.